The number of para-hydroxylation sites is 1. The van der Waals surface area contributed by atoms with E-state index < -0.39 is 5.91 Å². The minimum atomic E-state index is -0.419. The Hall–Kier alpha value is -4.42. The first kappa shape index (κ1) is 20.5. The molecule has 1 amide bonds. The van der Waals surface area contributed by atoms with E-state index in [0.29, 0.717) is 27.0 Å². The molecule has 7 nitrogen and oxygen atoms in total. The molecule has 0 unspecified atom stereocenters. The Kier molecular flexibility index (Phi) is 5.12. The van der Waals surface area contributed by atoms with Crippen LogP contribution in [-0.4, -0.2) is 25.7 Å². The number of nitriles is 1. The van der Waals surface area contributed by atoms with Gasteiger partial charge < -0.3 is 5.32 Å². The minimum Gasteiger partial charge on any atom is -0.305 e. The second-order valence-corrected chi connectivity index (χ2v) is 8.19. The van der Waals surface area contributed by atoms with Crippen molar-refractivity contribution in [3.8, 4) is 22.5 Å². The number of pyridine rings is 1. The summed E-state index contributed by atoms with van der Waals surface area (Å²) < 4.78 is 14.7. The first-order valence-electron chi connectivity index (χ1n) is 9.92. The summed E-state index contributed by atoms with van der Waals surface area (Å²) in [6.07, 6.45) is 1.38. The van der Waals surface area contributed by atoms with Gasteiger partial charge in [0.2, 0.25) is 0 Å². The van der Waals surface area contributed by atoms with Crippen LogP contribution in [0.3, 0.4) is 0 Å². The zero-order valence-corrected chi connectivity index (χ0v) is 18.1. The number of nitrogens with one attached hydrogen (secondary N) is 1. The van der Waals surface area contributed by atoms with Gasteiger partial charge in [0.25, 0.3) is 5.91 Å². The maximum Gasteiger partial charge on any atom is 0.268 e. The van der Waals surface area contributed by atoms with Crippen LogP contribution in [0.15, 0.2) is 66.9 Å². The average Bonchev–Trinajstić information content (AvgIpc) is 3.42. The highest BCUT2D eigenvalue weighted by molar-refractivity contribution is 7.17. The standard InChI is InChI=1S/C24H15FN6OS/c1-14-21(33-24(28-14)16-6-9-18(25)10-7-16)23(32)30-22-17(12-26)13-27-31(22)20-11-8-15-4-2-3-5-19(15)29-20/h2-11,13H,1H3,(H,30,32). The zero-order chi connectivity index (χ0) is 22.9. The van der Waals surface area contributed by atoms with Crippen LogP contribution in [0, 0.1) is 24.1 Å². The van der Waals surface area contributed by atoms with Crippen molar-refractivity contribution >= 4 is 34.0 Å². The van der Waals surface area contributed by atoms with Gasteiger partial charge >= 0.3 is 0 Å². The number of hydrogen-bond acceptors (Lipinski definition) is 6. The second-order valence-electron chi connectivity index (χ2n) is 7.19. The van der Waals surface area contributed by atoms with Crippen LogP contribution >= 0.6 is 11.3 Å². The van der Waals surface area contributed by atoms with E-state index in [0.717, 1.165) is 10.9 Å². The van der Waals surface area contributed by atoms with Crippen molar-refractivity contribution < 1.29 is 9.18 Å². The number of thiazole rings is 1. The summed E-state index contributed by atoms with van der Waals surface area (Å²) in [5, 5.41) is 18.2. The fourth-order valence-corrected chi connectivity index (χ4v) is 4.35. The minimum absolute atomic E-state index is 0.208. The van der Waals surface area contributed by atoms with Crippen LogP contribution < -0.4 is 5.32 Å². The third-order valence-electron chi connectivity index (χ3n) is 5.02. The van der Waals surface area contributed by atoms with Crippen molar-refractivity contribution in [2.24, 2.45) is 0 Å². The number of rotatable bonds is 4. The van der Waals surface area contributed by atoms with E-state index >= 15 is 0 Å². The van der Waals surface area contributed by atoms with Crippen LogP contribution in [0.2, 0.25) is 0 Å². The molecular weight excluding hydrogens is 439 g/mol. The molecule has 2 aromatic carbocycles. The van der Waals surface area contributed by atoms with Crippen LogP contribution in [0.1, 0.15) is 20.9 Å². The fraction of sp³-hybridized carbons (Fsp3) is 0.0417. The smallest absolute Gasteiger partial charge is 0.268 e. The van der Waals surface area contributed by atoms with Gasteiger partial charge in [-0.05, 0) is 49.4 Å². The second kappa shape index (κ2) is 8.26. The van der Waals surface area contributed by atoms with Gasteiger partial charge in [-0.15, -0.1) is 11.3 Å². The molecule has 0 spiro atoms. The Labute approximate surface area is 191 Å². The van der Waals surface area contributed by atoms with Crippen LogP contribution in [0.4, 0.5) is 10.2 Å². The molecule has 0 saturated carbocycles. The van der Waals surface area contributed by atoms with E-state index in [1.807, 2.05) is 30.3 Å². The molecular formula is C24H15FN6OS. The summed E-state index contributed by atoms with van der Waals surface area (Å²) >= 11 is 1.19. The highest BCUT2D eigenvalue weighted by Gasteiger charge is 2.21. The SMILES string of the molecule is Cc1nc(-c2ccc(F)cc2)sc1C(=O)Nc1c(C#N)cnn1-c1ccc2ccccc2n1. The lowest BCUT2D eigenvalue weighted by molar-refractivity contribution is 0.102. The molecule has 5 aromatic rings. The van der Waals surface area contributed by atoms with Gasteiger partial charge in [-0.2, -0.15) is 15.0 Å². The third-order valence-corrected chi connectivity index (χ3v) is 6.22. The van der Waals surface area contributed by atoms with E-state index in [-0.39, 0.29) is 17.2 Å². The largest absolute Gasteiger partial charge is 0.305 e. The number of aryl methyl sites for hydroxylation is 1. The van der Waals surface area contributed by atoms with Gasteiger partial charge in [-0.3, -0.25) is 4.79 Å². The molecule has 0 fully saturated rings. The first-order valence-corrected chi connectivity index (χ1v) is 10.7. The van der Waals surface area contributed by atoms with Gasteiger partial charge in [-0.25, -0.2) is 14.4 Å². The van der Waals surface area contributed by atoms with E-state index in [9.17, 15) is 14.4 Å². The van der Waals surface area contributed by atoms with Crippen LogP contribution in [0.25, 0.3) is 27.3 Å². The van der Waals surface area contributed by atoms with Crippen molar-refractivity contribution in [2.75, 3.05) is 5.32 Å². The number of carbonyl (C=O) groups is 1. The molecule has 0 aliphatic rings. The molecule has 0 aliphatic carbocycles. The number of amides is 1. The summed E-state index contributed by atoms with van der Waals surface area (Å²) in [5.41, 5.74) is 2.22. The number of anilines is 1. The Morgan fingerprint density at radius 2 is 1.88 bits per heavy atom. The predicted molar refractivity (Wildman–Crippen MR) is 124 cm³/mol. The number of carbonyl (C=O) groups excluding carboxylic acids is 1. The van der Waals surface area contributed by atoms with Gasteiger partial charge in [0.05, 0.1) is 17.4 Å². The normalized spacial score (nSPS) is 10.8. The summed E-state index contributed by atoms with van der Waals surface area (Å²) in [7, 11) is 0. The molecule has 1 N–H and O–H groups in total. The number of hydrogen-bond donors (Lipinski definition) is 1. The Balaban J connectivity index is 1.49. The average molecular weight is 454 g/mol. The summed E-state index contributed by atoms with van der Waals surface area (Å²) in [5.74, 6) is -0.0677. The zero-order valence-electron chi connectivity index (χ0n) is 17.3. The molecule has 0 saturated heterocycles. The van der Waals surface area contributed by atoms with Gasteiger partial charge in [0, 0.05) is 10.9 Å². The fourth-order valence-electron chi connectivity index (χ4n) is 3.38. The van der Waals surface area contributed by atoms with Crippen molar-refractivity contribution in [2.45, 2.75) is 6.92 Å². The molecule has 0 aliphatic heterocycles. The van der Waals surface area contributed by atoms with Crippen LogP contribution in [0.5, 0.6) is 0 Å². The van der Waals surface area contributed by atoms with Crippen molar-refractivity contribution in [1.82, 2.24) is 19.7 Å². The van der Waals surface area contributed by atoms with Gasteiger partial charge in [-0.1, -0.05) is 18.2 Å². The maximum absolute atomic E-state index is 13.2. The van der Waals surface area contributed by atoms with Gasteiger partial charge in [0.15, 0.2) is 11.6 Å². The molecule has 160 valence electrons. The lowest BCUT2D eigenvalue weighted by atomic mass is 10.2. The van der Waals surface area contributed by atoms with Crippen molar-refractivity contribution in [3.05, 3.63) is 88.8 Å². The first-order chi connectivity index (χ1) is 16.0. The van der Waals surface area contributed by atoms with Crippen molar-refractivity contribution in [3.63, 3.8) is 0 Å². The third kappa shape index (κ3) is 3.84. The number of fused-ring (bicyclic) bond motifs is 1. The van der Waals surface area contributed by atoms with E-state index in [2.05, 4.69) is 26.5 Å². The van der Waals surface area contributed by atoms with Gasteiger partial charge in [0.1, 0.15) is 27.3 Å². The number of halogens is 1. The Bertz CT molecular complexity index is 1550. The molecule has 5 rings (SSSR count). The maximum atomic E-state index is 13.2. The summed E-state index contributed by atoms with van der Waals surface area (Å²) in [6.45, 7) is 1.73. The van der Waals surface area contributed by atoms with E-state index in [4.69, 9.17) is 0 Å². The Morgan fingerprint density at radius 1 is 1.09 bits per heavy atom. The van der Waals surface area contributed by atoms with Crippen LogP contribution in [-0.2, 0) is 0 Å². The van der Waals surface area contributed by atoms with E-state index in [1.165, 1.54) is 34.3 Å². The number of benzene rings is 2. The lowest BCUT2D eigenvalue weighted by Gasteiger charge is -2.09. The monoisotopic (exact) mass is 454 g/mol. The summed E-state index contributed by atoms with van der Waals surface area (Å²) in [6, 6.07) is 19.3. The number of nitrogens with zero attached hydrogens (tertiary/aromatic N) is 5. The van der Waals surface area contributed by atoms with E-state index in [1.54, 1.807) is 25.1 Å². The molecule has 0 bridgehead atoms. The molecule has 0 atom stereocenters. The molecule has 3 heterocycles. The summed E-state index contributed by atoms with van der Waals surface area (Å²) in [4.78, 5) is 22.6. The lowest BCUT2D eigenvalue weighted by Crippen LogP contribution is -2.16. The topological polar surface area (TPSA) is 96.5 Å². The Morgan fingerprint density at radius 3 is 2.67 bits per heavy atom. The molecule has 9 heteroatoms. The quantitative estimate of drug-likeness (QED) is 0.407. The molecule has 0 radical (unpaired) electrons. The highest BCUT2D eigenvalue weighted by atomic mass is 32.1. The molecule has 3 aromatic heterocycles. The van der Waals surface area contributed by atoms with Crippen molar-refractivity contribution in [1.29, 1.82) is 5.26 Å². The number of aromatic nitrogens is 4. The molecule has 33 heavy (non-hydrogen) atoms. The predicted octanol–water partition coefficient (Wildman–Crippen LogP) is 5.12. The highest BCUT2D eigenvalue weighted by Crippen LogP contribution is 2.29.